The molecule has 0 saturated carbocycles. The first-order chi connectivity index (χ1) is 31.5. The summed E-state index contributed by atoms with van der Waals surface area (Å²) in [5.74, 6) is -0.0725. The number of nitrogens with one attached hydrogen (secondary N) is 1. The van der Waals surface area contributed by atoms with E-state index in [4.69, 9.17) is 4.74 Å². The normalized spacial score (nSPS) is 12.8. The molecule has 0 aliphatic heterocycles. The molecule has 0 rings (SSSR count). The molecule has 6 nitrogen and oxygen atoms in total. The standard InChI is InChI=1S/C58H111NO5/c1-3-5-7-9-11-13-15-16-24-28-32-36-40-44-48-52-58(63)64-53-49-45-41-37-33-29-26-23-21-19-17-18-20-22-25-27-31-35-39-43-47-51-57(62)59-55(54-60)56(61)50-46-42-38-34-30-14-12-10-8-6-4-2/h29,33,41,45,55-56,60-61H,3-28,30-32,34-40,42-44,46-54H2,1-2H3,(H,59,62)/b33-29-,45-41-. The van der Waals surface area contributed by atoms with E-state index in [9.17, 15) is 19.8 Å². The molecule has 0 heterocycles. The molecule has 378 valence electrons. The summed E-state index contributed by atoms with van der Waals surface area (Å²) in [4.78, 5) is 24.4. The van der Waals surface area contributed by atoms with E-state index in [-0.39, 0.29) is 18.5 Å². The quantitative estimate of drug-likeness (QED) is 0.0321. The maximum Gasteiger partial charge on any atom is 0.305 e. The van der Waals surface area contributed by atoms with E-state index in [2.05, 4.69) is 43.5 Å². The van der Waals surface area contributed by atoms with Gasteiger partial charge >= 0.3 is 5.97 Å². The van der Waals surface area contributed by atoms with Crippen LogP contribution in [0.4, 0.5) is 0 Å². The van der Waals surface area contributed by atoms with Crippen LogP contribution in [0.3, 0.4) is 0 Å². The smallest absolute Gasteiger partial charge is 0.305 e. The van der Waals surface area contributed by atoms with Gasteiger partial charge in [0.15, 0.2) is 0 Å². The summed E-state index contributed by atoms with van der Waals surface area (Å²) in [5.41, 5.74) is 0. The summed E-state index contributed by atoms with van der Waals surface area (Å²) >= 11 is 0. The third-order valence-electron chi connectivity index (χ3n) is 13.3. The lowest BCUT2D eigenvalue weighted by molar-refractivity contribution is -0.143. The average molecular weight is 903 g/mol. The Labute approximate surface area is 399 Å². The Morgan fingerprint density at radius 2 is 0.781 bits per heavy atom. The van der Waals surface area contributed by atoms with Crippen LogP contribution in [-0.4, -0.2) is 47.4 Å². The predicted octanol–water partition coefficient (Wildman–Crippen LogP) is 17.5. The van der Waals surface area contributed by atoms with Gasteiger partial charge in [-0.25, -0.2) is 0 Å². The third kappa shape index (κ3) is 49.8. The van der Waals surface area contributed by atoms with Crippen LogP contribution in [-0.2, 0) is 14.3 Å². The maximum atomic E-state index is 12.4. The Morgan fingerprint density at radius 3 is 1.19 bits per heavy atom. The molecule has 64 heavy (non-hydrogen) atoms. The fraction of sp³-hybridized carbons (Fsp3) is 0.897. The zero-order chi connectivity index (χ0) is 46.5. The molecule has 2 atom stereocenters. The molecule has 2 unspecified atom stereocenters. The van der Waals surface area contributed by atoms with Gasteiger partial charge < -0.3 is 20.3 Å². The van der Waals surface area contributed by atoms with Gasteiger partial charge in [0.25, 0.3) is 0 Å². The number of amides is 1. The molecule has 0 radical (unpaired) electrons. The molecule has 0 bridgehead atoms. The van der Waals surface area contributed by atoms with Crippen LogP contribution in [0.15, 0.2) is 24.3 Å². The van der Waals surface area contributed by atoms with Crippen molar-refractivity contribution in [3.8, 4) is 0 Å². The molecule has 6 heteroatoms. The Kier molecular flexibility index (Phi) is 52.6. The Balaban J connectivity index is 3.43. The van der Waals surface area contributed by atoms with Gasteiger partial charge in [0.2, 0.25) is 5.91 Å². The van der Waals surface area contributed by atoms with Crippen molar-refractivity contribution in [2.45, 2.75) is 321 Å². The number of carbonyl (C=O) groups is 2. The molecule has 3 N–H and O–H groups in total. The van der Waals surface area contributed by atoms with Crippen LogP contribution < -0.4 is 5.32 Å². The fourth-order valence-corrected chi connectivity index (χ4v) is 8.89. The molecule has 0 aromatic carbocycles. The number of allylic oxidation sites excluding steroid dienone is 3. The Hall–Kier alpha value is -1.66. The van der Waals surface area contributed by atoms with Crippen molar-refractivity contribution in [1.82, 2.24) is 5.32 Å². The highest BCUT2D eigenvalue weighted by Gasteiger charge is 2.20. The Morgan fingerprint density at radius 1 is 0.438 bits per heavy atom. The lowest BCUT2D eigenvalue weighted by Crippen LogP contribution is -2.45. The summed E-state index contributed by atoms with van der Waals surface area (Å²) in [7, 11) is 0. The largest absolute Gasteiger partial charge is 0.465 e. The zero-order valence-electron chi connectivity index (χ0n) is 43.0. The highest BCUT2D eigenvalue weighted by Crippen LogP contribution is 2.17. The maximum absolute atomic E-state index is 12.4. The highest BCUT2D eigenvalue weighted by atomic mass is 16.5. The average Bonchev–Trinajstić information content (AvgIpc) is 3.29. The number of hydrogen-bond donors (Lipinski definition) is 3. The van der Waals surface area contributed by atoms with Gasteiger partial charge in [-0.15, -0.1) is 0 Å². The minimum Gasteiger partial charge on any atom is -0.465 e. The lowest BCUT2D eigenvalue weighted by atomic mass is 10.0. The second kappa shape index (κ2) is 54.0. The molecule has 0 fully saturated rings. The summed E-state index contributed by atoms with van der Waals surface area (Å²) < 4.78 is 5.42. The second-order valence-electron chi connectivity index (χ2n) is 19.6. The van der Waals surface area contributed by atoms with Crippen molar-refractivity contribution in [1.29, 1.82) is 0 Å². The summed E-state index contributed by atoms with van der Waals surface area (Å²) in [5, 5.41) is 23.2. The molecule has 0 saturated heterocycles. The minimum absolute atomic E-state index is 0.0323. The van der Waals surface area contributed by atoms with Gasteiger partial charge in [-0.05, 0) is 44.9 Å². The van der Waals surface area contributed by atoms with Crippen molar-refractivity contribution in [2.24, 2.45) is 0 Å². The number of carbonyl (C=O) groups excluding carboxylic acids is 2. The van der Waals surface area contributed by atoms with Crippen LogP contribution in [0, 0.1) is 0 Å². The fourth-order valence-electron chi connectivity index (χ4n) is 8.89. The zero-order valence-corrected chi connectivity index (χ0v) is 43.0. The van der Waals surface area contributed by atoms with Crippen molar-refractivity contribution in [2.75, 3.05) is 13.2 Å². The van der Waals surface area contributed by atoms with Crippen LogP contribution >= 0.6 is 0 Å². The van der Waals surface area contributed by atoms with E-state index in [1.165, 1.54) is 225 Å². The van der Waals surface area contributed by atoms with E-state index < -0.39 is 12.1 Å². The topological polar surface area (TPSA) is 95.9 Å². The molecular formula is C58H111NO5. The van der Waals surface area contributed by atoms with E-state index >= 15 is 0 Å². The van der Waals surface area contributed by atoms with E-state index in [1.807, 2.05) is 0 Å². The SMILES string of the molecule is CCCCCCCCCCCCCCCCCC(=O)OCC/C=C\C/C=C\CCCCCCCCCCCCCCCCC(=O)NC(CO)C(O)CCCCCCCCCCCCC. The van der Waals surface area contributed by atoms with E-state index in [0.29, 0.717) is 25.9 Å². The molecule has 0 aliphatic rings. The minimum atomic E-state index is -0.666. The number of hydrogen-bond acceptors (Lipinski definition) is 5. The van der Waals surface area contributed by atoms with Crippen molar-refractivity contribution < 1.29 is 24.5 Å². The Bertz CT molecular complexity index is 997. The van der Waals surface area contributed by atoms with Gasteiger partial charge in [0.1, 0.15) is 0 Å². The monoisotopic (exact) mass is 902 g/mol. The molecule has 0 aromatic rings. The number of aliphatic hydroxyl groups is 2. The van der Waals surface area contributed by atoms with Crippen molar-refractivity contribution >= 4 is 11.9 Å². The number of unbranched alkanes of at least 4 members (excludes halogenated alkanes) is 38. The molecule has 1 amide bonds. The summed E-state index contributed by atoms with van der Waals surface area (Å²) in [6.45, 7) is 4.85. The first kappa shape index (κ1) is 62.3. The number of ether oxygens (including phenoxy) is 1. The van der Waals surface area contributed by atoms with E-state index in [0.717, 1.165) is 51.4 Å². The van der Waals surface area contributed by atoms with Gasteiger partial charge in [-0.1, -0.05) is 276 Å². The molecule has 0 aliphatic carbocycles. The van der Waals surface area contributed by atoms with Crippen LogP contribution in [0.2, 0.25) is 0 Å². The number of esters is 1. The lowest BCUT2D eigenvalue weighted by Gasteiger charge is -2.22. The van der Waals surface area contributed by atoms with Crippen molar-refractivity contribution in [3.63, 3.8) is 0 Å². The summed E-state index contributed by atoms with van der Waals surface area (Å²) in [6.07, 6.45) is 64.7. The summed E-state index contributed by atoms with van der Waals surface area (Å²) in [6, 6.07) is -0.543. The van der Waals surface area contributed by atoms with Gasteiger partial charge in [0.05, 0.1) is 25.4 Å². The first-order valence-electron chi connectivity index (χ1n) is 28.6. The second-order valence-corrected chi connectivity index (χ2v) is 19.6. The van der Waals surface area contributed by atoms with Crippen LogP contribution in [0.5, 0.6) is 0 Å². The predicted molar refractivity (Wildman–Crippen MR) is 278 cm³/mol. The van der Waals surface area contributed by atoms with Gasteiger partial charge in [0, 0.05) is 12.8 Å². The van der Waals surface area contributed by atoms with E-state index in [1.54, 1.807) is 0 Å². The number of aliphatic hydroxyl groups excluding tert-OH is 2. The van der Waals surface area contributed by atoms with Crippen LogP contribution in [0.1, 0.15) is 309 Å². The van der Waals surface area contributed by atoms with Gasteiger partial charge in [-0.2, -0.15) is 0 Å². The van der Waals surface area contributed by atoms with Gasteiger partial charge in [-0.3, -0.25) is 9.59 Å². The molecule has 0 spiro atoms. The van der Waals surface area contributed by atoms with Crippen LogP contribution in [0.25, 0.3) is 0 Å². The molecule has 0 aromatic heterocycles. The third-order valence-corrected chi connectivity index (χ3v) is 13.3. The number of rotatable bonds is 53. The highest BCUT2D eigenvalue weighted by molar-refractivity contribution is 5.76. The van der Waals surface area contributed by atoms with Crippen molar-refractivity contribution in [3.05, 3.63) is 24.3 Å². The first-order valence-corrected chi connectivity index (χ1v) is 28.6. The molecular weight excluding hydrogens is 791 g/mol.